The molecular formula is C22H18N4O4. The lowest BCUT2D eigenvalue weighted by Crippen LogP contribution is -2.22. The van der Waals surface area contributed by atoms with Crippen molar-refractivity contribution in [3.63, 3.8) is 0 Å². The molecule has 30 heavy (non-hydrogen) atoms. The molecule has 0 aromatic heterocycles. The summed E-state index contributed by atoms with van der Waals surface area (Å²) in [5.74, 6) is -0.828. The molecule has 0 radical (unpaired) electrons. The Balaban J connectivity index is 1.73. The van der Waals surface area contributed by atoms with Crippen LogP contribution < -0.4 is 10.9 Å². The fraction of sp³-hybridized carbons (Fsp3) is 0. The van der Waals surface area contributed by atoms with Crippen molar-refractivity contribution < 1.29 is 19.8 Å². The monoisotopic (exact) mass is 402 g/mol. The second kappa shape index (κ2) is 9.65. The number of phenols is 2. The molecule has 3 aromatic rings. The van der Waals surface area contributed by atoms with Gasteiger partial charge in [0.2, 0.25) is 0 Å². The largest absolute Gasteiger partial charge is 0.508 e. The van der Waals surface area contributed by atoms with Crippen molar-refractivity contribution in [2.45, 2.75) is 0 Å². The topological polar surface area (TPSA) is 123 Å². The lowest BCUT2D eigenvalue weighted by molar-refractivity contribution is 0.0946. The van der Waals surface area contributed by atoms with Gasteiger partial charge in [0.25, 0.3) is 11.8 Å². The minimum Gasteiger partial charge on any atom is -0.508 e. The minimum atomic E-state index is -0.468. The Bertz CT molecular complexity index is 1080. The molecule has 4 N–H and O–H groups in total. The van der Waals surface area contributed by atoms with Crippen molar-refractivity contribution in [2.24, 2.45) is 10.2 Å². The highest BCUT2D eigenvalue weighted by atomic mass is 16.3. The van der Waals surface area contributed by atoms with Gasteiger partial charge in [0.1, 0.15) is 17.2 Å². The molecule has 0 heterocycles. The summed E-state index contributed by atoms with van der Waals surface area (Å²) >= 11 is 0. The van der Waals surface area contributed by atoms with Crippen molar-refractivity contribution in [2.75, 3.05) is 0 Å². The van der Waals surface area contributed by atoms with Gasteiger partial charge in [-0.05, 0) is 48.5 Å². The maximum atomic E-state index is 12.3. The Kier molecular flexibility index (Phi) is 6.52. The van der Waals surface area contributed by atoms with E-state index in [0.29, 0.717) is 22.4 Å². The lowest BCUT2D eigenvalue weighted by Gasteiger charge is -2.04. The first-order chi connectivity index (χ1) is 14.5. The van der Waals surface area contributed by atoms with Crippen molar-refractivity contribution in [3.8, 4) is 11.5 Å². The number of carbonyl (C=O) groups is 2. The first-order valence-electron chi connectivity index (χ1n) is 8.88. The molecule has 0 aliphatic carbocycles. The van der Waals surface area contributed by atoms with Gasteiger partial charge < -0.3 is 10.2 Å². The summed E-state index contributed by atoms with van der Waals surface area (Å²) in [5, 5.41) is 26.6. The molecule has 0 unspecified atom stereocenters. The Morgan fingerprint density at radius 1 is 0.667 bits per heavy atom. The summed E-state index contributed by atoms with van der Waals surface area (Å²) < 4.78 is 0. The Labute approximate surface area is 172 Å². The lowest BCUT2D eigenvalue weighted by atomic mass is 10.1. The number of amides is 2. The number of nitrogens with zero attached hydrogens (tertiary/aromatic N) is 2. The van der Waals surface area contributed by atoms with Gasteiger partial charge in [-0.2, -0.15) is 10.2 Å². The average molecular weight is 402 g/mol. The standard InChI is InChI=1S/C22H18N4O4/c27-18-10-6-16(7-11-18)21(29)25-23-14-20(15-4-2-1-3-5-15)24-26-22(30)17-8-12-19(28)13-9-17/h1-14,27-28H,(H,25,29)(H,26,30). The molecule has 150 valence electrons. The molecule has 0 fully saturated rings. The van der Waals surface area contributed by atoms with Crippen LogP contribution in [-0.4, -0.2) is 34.0 Å². The van der Waals surface area contributed by atoms with Gasteiger partial charge in [-0.15, -0.1) is 0 Å². The Morgan fingerprint density at radius 2 is 1.17 bits per heavy atom. The van der Waals surface area contributed by atoms with Crippen molar-refractivity contribution in [1.29, 1.82) is 0 Å². The molecule has 0 saturated heterocycles. The van der Waals surface area contributed by atoms with E-state index in [1.54, 1.807) is 24.3 Å². The predicted octanol–water partition coefficient (Wildman–Crippen LogP) is 2.65. The van der Waals surface area contributed by atoms with Gasteiger partial charge in [0, 0.05) is 16.7 Å². The van der Waals surface area contributed by atoms with Crippen LogP contribution in [0.2, 0.25) is 0 Å². The molecule has 3 rings (SSSR count). The first-order valence-corrected chi connectivity index (χ1v) is 8.88. The van der Waals surface area contributed by atoms with Gasteiger partial charge in [-0.1, -0.05) is 30.3 Å². The van der Waals surface area contributed by atoms with Crippen LogP contribution in [0.1, 0.15) is 26.3 Å². The van der Waals surface area contributed by atoms with E-state index in [9.17, 15) is 19.8 Å². The number of phenolic OH excluding ortho intramolecular Hbond substituents is 2. The van der Waals surface area contributed by atoms with Gasteiger partial charge in [-0.25, -0.2) is 10.9 Å². The van der Waals surface area contributed by atoms with E-state index >= 15 is 0 Å². The van der Waals surface area contributed by atoms with Crippen LogP contribution in [0.5, 0.6) is 11.5 Å². The zero-order chi connectivity index (χ0) is 21.3. The highest BCUT2D eigenvalue weighted by Gasteiger charge is 2.07. The third-order valence-electron chi connectivity index (χ3n) is 3.96. The normalized spacial score (nSPS) is 11.3. The Hall–Kier alpha value is -4.46. The molecule has 2 amide bonds. The smallest absolute Gasteiger partial charge is 0.271 e. The summed E-state index contributed by atoms with van der Waals surface area (Å²) in [6, 6.07) is 20.4. The summed E-state index contributed by atoms with van der Waals surface area (Å²) in [6.45, 7) is 0. The van der Waals surface area contributed by atoms with E-state index in [4.69, 9.17) is 0 Å². The zero-order valence-corrected chi connectivity index (χ0v) is 15.7. The molecular weight excluding hydrogens is 384 g/mol. The Morgan fingerprint density at radius 3 is 1.70 bits per heavy atom. The van der Waals surface area contributed by atoms with E-state index in [-0.39, 0.29) is 11.5 Å². The third kappa shape index (κ3) is 5.52. The average Bonchev–Trinajstić information content (AvgIpc) is 2.77. The van der Waals surface area contributed by atoms with Crippen LogP contribution in [0, 0.1) is 0 Å². The second-order valence-corrected chi connectivity index (χ2v) is 6.10. The number of hydrazone groups is 2. The summed E-state index contributed by atoms with van der Waals surface area (Å²) in [7, 11) is 0. The maximum absolute atomic E-state index is 12.3. The molecule has 0 atom stereocenters. The highest BCUT2D eigenvalue weighted by molar-refractivity contribution is 6.38. The van der Waals surface area contributed by atoms with Gasteiger partial charge in [0.15, 0.2) is 0 Å². The minimum absolute atomic E-state index is 0.0523. The summed E-state index contributed by atoms with van der Waals surface area (Å²) in [4.78, 5) is 24.4. The van der Waals surface area contributed by atoms with Crippen LogP contribution in [0.4, 0.5) is 0 Å². The number of rotatable bonds is 6. The quantitative estimate of drug-likeness (QED) is 0.374. The van der Waals surface area contributed by atoms with Crippen LogP contribution in [0.3, 0.4) is 0 Å². The van der Waals surface area contributed by atoms with E-state index in [2.05, 4.69) is 21.1 Å². The molecule has 0 aliphatic heterocycles. The van der Waals surface area contributed by atoms with E-state index in [0.717, 1.165) is 0 Å². The second-order valence-electron chi connectivity index (χ2n) is 6.10. The van der Waals surface area contributed by atoms with E-state index < -0.39 is 11.8 Å². The SMILES string of the molecule is O=C(NN=CC(=NNC(=O)c1ccc(O)cc1)c1ccccc1)c1ccc(O)cc1. The maximum Gasteiger partial charge on any atom is 0.271 e. The van der Waals surface area contributed by atoms with Gasteiger partial charge in [-0.3, -0.25) is 9.59 Å². The zero-order valence-electron chi connectivity index (χ0n) is 15.7. The number of aromatic hydroxyl groups is 2. The number of nitrogens with one attached hydrogen (secondary N) is 2. The van der Waals surface area contributed by atoms with Crippen molar-refractivity contribution >= 4 is 23.7 Å². The molecule has 0 bridgehead atoms. The van der Waals surface area contributed by atoms with Crippen LogP contribution >= 0.6 is 0 Å². The molecule has 0 saturated carbocycles. The van der Waals surface area contributed by atoms with Crippen LogP contribution in [0.15, 0.2) is 89.1 Å². The highest BCUT2D eigenvalue weighted by Crippen LogP contribution is 2.10. The number of benzene rings is 3. The number of carbonyl (C=O) groups excluding carboxylic acids is 2. The third-order valence-corrected chi connectivity index (χ3v) is 3.96. The molecule has 3 aromatic carbocycles. The summed E-state index contributed by atoms with van der Waals surface area (Å²) in [6.07, 6.45) is 1.31. The fourth-order valence-electron chi connectivity index (χ4n) is 2.39. The molecule has 0 aliphatic rings. The molecule has 0 spiro atoms. The van der Waals surface area contributed by atoms with Crippen molar-refractivity contribution in [1.82, 2.24) is 10.9 Å². The van der Waals surface area contributed by atoms with Gasteiger partial charge in [0.05, 0.1) is 6.21 Å². The van der Waals surface area contributed by atoms with E-state index in [1.165, 1.54) is 54.7 Å². The van der Waals surface area contributed by atoms with E-state index in [1.807, 2.05) is 6.07 Å². The van der Waals surface area contributed by atoms with Crippen LogP contribution in [-0.2, 0) is 0 Å². The molecule has 8 heteroatoms. The first kappa shape index (κ1) is 20.3. The van der Waals surface area contributed by atoms with Gasteiger partial charge >= 0.3 is 0 Å². The fourth-order valence-corrected chi connectivity index (χ4v) is 2.39. The summed E-state index contributed by atoms with van der Waals surface area (Å²) in [5.41, 5.74) is 6.43. The number of hydrogen-bond acceptors (Lipinski definition) is 6. The number of hydrogen-bond donors (Lipinski definition) is 4. The van der Waals surface area contributed by atoms with Crippen LogP contribution in [0.25, 0.3) is 0 Å². The predicted molar refractivity (Wildman–Crippen MR) is 113 cm³/mol. The van der Waals surface area contributed by atoms with Crippen molar-refractivity contribution in [3.05, 3.63) is 95.6 Å². The molecule has 8 nitrogen and oxygen atoms in total.